The highest BCUT2D eigenvalue weighted by atomic mass is 79.9. The summed E-state index contributed by atoms with van der Waals surface area (Å²) in [6, 6.07) is 6.59. The molecule has 0 radical (unpaired) electrons. The van der Waals surface area contributed by atoms with Crippen LogP contribution in [-0.2, 0) is 12.8 Å². The third kappa shape index (κ3) is 6.00. The smallest absolute Gasteiger partial charge is 0.171 e. The van der Waals surface area contributed by atoms with E-state index in [-0.39, 0.29) is 0 Å². The zero-order valence-corrected chi connectivity index (χ0v) is 19.2. The van der Waals surface area contributed by atoms with E-state index in [0.29, 0.717) is 6.04 Å². The van der Waals surface area contributed by atoms with Gasteiger partial charge in [0.1, 0.15) is 5.82 Å². The lowest BCUT2D eigenvalue weighted by molar-refractivity contribution is 0.295. The molecular weight excluding hydrogens is 428 g/mol. The number of nitrogens with one attached hydrogen (secondary N) is 1. The summed E-state index contributed by atoms with van der Waals surface area (Å²) in [7, 11) is 0. The van der Waals surface area contributed by atoms with Gasteiger partial charge in [0.05, 0.1) is 10.7 Å². The van der Waals surface area contributed by atoms with Crippen LogP contribution in [0.5, 0.6) is 0 Å². The van der Waals surface area contributed by atoms with Crippen LogP contribution in [0, 0.1) is 0 Å². The van der Waals surface area contributed by atoms with Crippen LogP contribution >= 0.6 is 15.9 Å². The number of fused-ring (bicyclic) bond motifs is 1. The molecule has 0 aliphatic rings. The SMILES string of the molecule is CCN(CC)CCCC(C)Nc1cc(CCc2cccnc2)n2ncc(Br)c2n1. The highest BCUT2D eigenvalue weighted by Crippen LogP contribution is 2.21. The number of halogens is 1. The van der Waals surface area contributed by atoms with Gasteiger partial charge in [0.25, 0.3) is 0 Å². The van der Waals surface area contributed by atoms with Gasteiger partial charge < -0.3 is 10.2 Å². The molecule has 0 amide bonds. The Morgan fingerprint density at radius 2 is 2.03 bits per heavy atom. The molecule has 1 atom stereocenters. The van der Waals surface area contributed by atoms with E-state index in [9.17, 15) is 0 Å². The average Bonchev–Trinajstić information content (AvgIpc) is 3.11. The lowest BCUT2D eigenvalue weighted by Gasteiger charge is -2.20. The van der Waals surface area contributed by atoms with Gasteiger partial charge in [0.15, 0.2) is 5.65 Å². The first-order chi connectivity index (χ1) is 14.1. The summed E-state index contributed by atoms with van der Waals surface area (Å²) in [6.45, 7) is 10.1. The molecule has 6 nitrogen and oxygen atoms in total. The van der Waals surface area contributed by atoms with Crippen LogP contribution in [0.25, 0.3) is 5.65 Å². The Morgan fingerprint density at radius 1 is 1.21 bits per heavy atom. The van der Waals surface area contributed by atoms with Gasteiger partial charge >= 0.3 is 0 Å². The Balaban J connectivity index is 1.68. The lowest BCUT2D eigenvalue weighted by Crippen LogP contribution is -2.25. The molecule has 0 spiro atoms. The molecule has 3 heterocycles. The number of hydrogen-bond donors (Lipinski definition) is 1. The van der Waals surface area contributed by atoms with Gasteiger partial charge in [-0.2, -0.15) is 5.10 Å². The van der Waals surface area contributed by atoms with E-state index in [4.69, 9.17) is 4.98 Å². The fourth-order valence-corrected chi connectivity index (χ4v) is 3.90. The monoisotopic (exact) mass is 458 g/mol. The van der Waals surface area contributed by atoms with Crippen molar-refractivity contribution in [2.45, 2.75) is 52.5 Å². The number of pyridine rings is 1. The van der Waals surface area contributed by atoms with E-state index in [2.05, 4.69) is 69.1 Å². The molecule has 3 aromatic heterocycles. The van der Waals surface area contributed by atoms with Crippen LogP contribution in [0.1, 0.15) is 44.9 Å². The van der Waals surface area contributed by atoms with Crippen molar-refractivity contribution in [2.24, 2.45) is 0 Å². The Hall–Kier alpha value is -1.99. The van der Waals surface area contributed by atoms with Crippen molar-refractivity contribution >= 4 is 27.4 Å². The summed E-state index contributed by atoms with van der Waals surface area (Å²) in [5.41, 5.74) is 3.22. The predicted octanol–water partition coefficient (Wildman–Crippen LogP) is 4.59. The van der Waals surface area contributed by atoms with Crippen LogP contribution in [0.2, 0.25) is 0 Å². The van der Waals surface area contributed by atoms with Crippen molar-refractivity contribution in [3.05, 3.63) is 52.5 Å². The predicted molar refractivity (Wildman–Crippen MR) is 122 cm³/mol. The molecule has 1 unspecified atom stereocenters. The molecule has 0 aliphatic heterocycles. The summed E-state index contributed by atoms with van der Waals surface area (Å²) in [5.74, 6) is 0.912. The van der Waals surface area contributed by atoms with Crippen molar-refractivity contribution in [3.8, 4) is 0 Å². The van der Waals surface area contributed by atoms with E-state index in [1.165, 1.54) is 12.0 Å². The Morgan fingerprint density at radius 3 is 2.76 bits per heavy atom. The Bertz CT molecular complexity index is 891. The second-order valence-electron chi connectivity index (χ2n) is 7.44. The van der Waals surface area contributed by atoms with E-state index in [1.807, 2.05) is 29.2 Å². The van der Waals surface area contributed by atoms with Crippen molar-refractivity contribution < 1.29 is 0 Å². The summed E-state index contributed by atoms with van der Waals surface area (Å²) >= 11 is 3.58. The van der Waals surface area contributed by atoms with Gasteiger partial charge in [-0.05, 0) is 79.8 Å². The molecular formula is C22H31BrN6. The number of aromatic nitrogens is 4. The van der Waals surface area contributed by atoms with Gasteiger partial charge in [0, 0.05) is 30.2 Å². The zero-order valence-electron chi connectivity index (χ0n) is 17.6. The molecule has 7 heteroatoms. The highest BCUT2D eigenvalue weighted by Gasteiger charge is 2.12. The quantitative estimate of drug-likeness (QED) is 0.455. The van der Waals surface area contributed by atoms with Crippen LogP contribution < -0.4 is 5.32 Å². The fourth-order valence-electron chi connectivity index (χ4n) is 3.55. The van der Waals surface area contributed by atoms with Gasteiger partial charge in [-0.25, -0.2) is 9.50 Å². The summed E-state index contributed by atoms with van der Waals surface area (Å²) in [4.78, 5) is 11.5. The molecule has 0 bridgehead atoms. The second-order valence-corrected chi connectivity index (χ2v) is 8.29. The van der Waals surface area contributed by atoms with Crippen LogP contribution in [0.4, 0.5) is 5.82 Å². The van der Waals surface area contributed by atoms with Crippen LogP contribution in [0.3, 0.4) is 0 Å². The van der Waals surface area contributed by atoms with Crippen LogP contribution in [-0.4, -0.2) is 50.2 Å². The lowest BCUT2D eigenvalue weighted by atomic mass is 10.1. The molecule has 0 fully saturated rings. The molecule has 0 saturated heterocycles. The summed E-state index contributed by atoms with van der Waals surface area (Å²) < 4.78 is 2.84. The number of anilines is 1. The Kier molecular flexibility index (Phi) is 8.00. The summed E-state index contributed by atoms with van der Waals surface area (Å²) in [6.07, 6.45) is 9.65. The largest absolute Gasteiger partial charge is 0.367 e. The maximum atomic E-state index is 4.79. The Labute approximate surface area is 181 Å². The first-order valence-electron chi connectivity index (χ1n) is 10.5. The normalized spacial score (nSPS) is 12.6. The van der Waals surface area contributed by atoms with E-state index >= 15 is 0 Å². The minimum absolute atomic E-state index is 0.369. The minimum atomic E-state index is 0.369. The number of nitrogens with zero attached hydrogens (tertiary/aromatic N) is 5. The maximum absolute atomic E-state index is 4.79. The standard InChI is InChI=1S/C22H31BrN6/c1-4-28(5-2)13-7-8-17(3)26-21-14-19(11-10-18-9-6-12-24-15-18)29-22(27-21)20(23)16-25-29/h6,9,12,14-17H,4-5,7-8,10-11,13H2,1-3H3,(H,26,27). The molecule has 0 aromatic carbocycles. The first kappa shape index (κ1) is 21.7. The molecule has 0 aliphatic carbocycles. The molecule has 1 N–H and O–H groups in total. The van der Waals surface area contributed by atoms with E-state index < -0.39 is 0 Å². The number of rotatable bonds is 11. The molecule has 0 saturated carbocycles. The summed E-state index contributed by atoms with van der Waals surface area (Å²) in [5, 5.41) is 8.09. The van der Waals surface area contributed by atoms with Crippen molar-refractivity contribution in [2.75, 3.05) is 25.0 Å². The molecule has 156 valence electrons. The van der Waals surface area contributed by atoms with Gasteiger partial charge in [-0.3, -0.25) is 4.98 Å². The van der Waals surface area contributed by atoms with E-state index in [0.717, 1.165) is 60.5 Å². The third-order valence-electron chi connectivity index (χ3n) is 5.30. The fraction of sp³-hybridized carbons (Fsp3) is 0.500. The topological polar surface area (TPSA) is 58.4 Å². The van der Waals surface area contributed by atoms with Crippen molar-refractivity contribution in [1.29, 1.82) is 0 Å². The number of aryl methyl sites for hydroxylation is 2. The molecule has 29 heavy (non-hydrogen) atoms. The maximum Gasteiger partial charge on any atom is 0.171 e. The van der Waals surface area contributed by atoms with Gasteiger partial charge in [-0.1, -0.05) is 19.9 Å². The third-order valence-corrected chi connectivity index (χ3v) is 5.85. The van der Waals surface area contributed by atoms with Crippen molar-refractivity contribution in [3.63, 3.8) is 0 Å². The molecule has 3 rings (SSSR count). The van der Waals surface area contributed by atoms with Crippen LogP contribution in [0.15, 0.2) is 41.3 Å². The highest BCUT2D eigenvalue weighted by molar-refractivity contribution is 9.10. The second kappa shape index (κ2) is 10.7. The van der Waals surface area contributed by atoms with Gasteiger partial charge in [-0.15, -0.1) is 0 Å². The van der Waals surface area contributed by atoms with E-state index in [1.54, 1.807) is 0 Å². The average molecular weight is 459 g/mol. The number of hydrogen-bond acceptors (Lipinski definition) is 5. The minimum Gasteiger partial charge on any atom is -0.367 e. The van der Waals surface area contributed by atoms with Crippen molar-refractivity contribution in [1.82, 2.24) is 24.5 Å². The molecule has 3 aromatic rings. The zero-order chi connectivity index (χ0) is 20.6. The first-order valence-corrected chi connectivity index (χ1v) is 11.3. The van der Waals surface area contributed by atoms with Gasteiger partial charge in [0.2, 0.25) is 0 Å².